The zero-order valence-electron chi connectivity index (χ0n) is 17.2. The number of amides is 1. The van der Waals surface area contributed by atoms with E-state index in [-0.39, 0.29) is 17.6 Å². The Morgan fingerprint density at radius 2 is 1.59 bits per heavy atom. The summed E-state index contributed by atoms with van der Waals surface area (Å²) in [4.78, 5) is 14.4. The van der Waals surface area contributed by atoms with Gasteiger partial charge in [0.15, 0.2) is 9.84 Å². The van der Waals surface area contributed by atoms with E-state index >= 15 is 0 Å². The molecule has 1 aliphatic rings. The van der Waals surface area contributed by atoms with Crippen LogP contribution in [0.3, 0.4) is 0 Å². The van der Waals surface area contributed by atoms with Gasteiger partial charge in [0.1, 0.15) is 0 Å². The Hall–Kier alpha value is -1.40. The Morgan fingerprint density at radius 3 is 2.04 bits per heavy atom. The van der Waals surface area contributed by atoms with E-state index < -0.39 is 20.2 Å². The number of hydrogen-bond acceptors (Lipinski definition) is 4. The molecule has 0 unspecified atom stereocenters. The summed E-state index contributed by atoms with van der Waals surface area (Å²) in [5, 5.41) is 10.0. The molecule has 1 amide bonds. The van der Waals surface area contributed by atoms with E-state index in [9.17, 15) is 18.3 Å². The van der Waals surface area contributed by atoms with Crippen molar-refractivity contribution in [2.45, 2.75) is 64.2 Å². The molecule has 1 aromatic carbocycles. The van der Waals surface area contributed by atoms with Crippen LogP contribution in [0.5, 0.6) is 0 Å². The zero-order valence-corrected chi connectivity index (χ0v) is 18.0. The Balaban J connectivity index is 1.88. The molecule has 5 nitrogen and oxygen atoms in total. The van der Waals surface area contributed by atoms with Crippen molar-refractivity contribution in [1.82, 2.24) is 4.90 Å². The quantitative estimate of drug-likeness (QED) is 0.832. The molecule has 27 heavy (non-hydrogen) atoms. The molecule has 0 spiro atoms. The summed E-state index contributed by atoms with van der Waals surface area (Å²) in [5.74, 6) is 0.407. The molecular weight excluding hydrogens is 362 g/mol. The molecule has 152 valence electrons. The van der Waals surface area contributed by atoms with Gasteiger partial charge >= 0.3 is 0 Å². The number of sulfone groups is 1. The van der Waals surface area contributed by atoms with E-state index in [1.807, 2.05) is 29.2 Å². The maximum atomic E-state index is 12.6. The number of benzene rings is 1. The highest BCUT2D eigenvalue weighted by Crippen LogP contribution is 2.25. The third kappa shape index (κ3) is 5.79. The fourth-order valence-electron chi connectivity index (χ4n) is 3.23. The number of likely N-dealkylation sites (tertiary alicyclic amines) is 1. The normalized spacial score (nSPS) is 17.2. The fourth-order valence-corrected chi connectivity index (χ4v) is 4.68. The second-order valence-electron chi connectivity index (χ2n) is 9.15. The van der Waals surface area contributed by atoms with Gasteiger partial charge in [0, 0.05) is 13.1 Å². The van der Waals surface area contributed by atoms with Crippen LogP contribution in [0.15, 0.2) is 24.3 Å². The van der Waals surface area contributed by atoms with Crippen molar-refractivity contribution in [2.75, 3.05) is 18.8 Å². The smallest absolute Gasteiger partial charge is 0.226 e. The number of nitrogens with zero attached hydrogens (tertiary/aromatic N) is 1. The summed E-state index contributed by atoms with van der Waals surface area (Å²) >= 11 is 0. The van der Waals surface area contributed by atoms with Crippen molar-refractivity contribution in [3.8, 4) is 0 Å². The standard InChI is InChI=1S/C21H33NO4S/c1-20(2,3)27(25,26)15-17-10-12-22(13-11-17)19(23)14-16-6-8-18(9-7-16)21(4,5)24/h6-9,17,24H,10-15H2,1-5H3. The van der Waals surface area contributed by atoms with Crippen LogP contribution < -0.4 is 0 Å². The predicted octanol–water partition coefficient (Wildman–Crippen LogP) is 2.91. The average Bonchev–Trinajstić information content (AvgIpc) is 2.53. The summed E-state index contributed by atoms with van der Waals surface area (Å²) in [6, 6.07) is 7.47. The van der Waals surface area contributed by atoms with Gasteiger partial charge in [0.05, 0.1) is 22.5 Å². The van der Waals surface area contributed by atoms with E-state index in [4.69, 9.17) is 0 Å². The summed E-state index contributed by atoms with van der Waals surface area (Å²) in [6.45, 7) is 9.92. The van der Waals surface area contributed by atoms with E-state index in [0.717, 1.165) is 24.0 Å². The molecule has 1 saturated heterocycles. The summed E-state index contributed by atoms with van der Waals surface area (Å²) in [7, 11) is -3.12. The Kier molecular flexibility index (Phi) is 6.42. The minimum Gasteiger partial charge on any atom is -0.386 e. The second kappa shape index (κ2) is 7.92. The van der Waals surface area contributed by atoms with E-state index in [1.165, 1.54) is 0 Å². The van der Waals surface area contributed by atoms with Crippen LogP contribution in [0, 0.1) is 5.92 Å². The van der Waals surface area contributed by atoms with Gasteiger partial charge in [0.25, 0.3) is 0 Å². The molecule has 6 heteroatoms. The molecule has 1 aromatic rings. The number of hydrogen-bond donors (Lipinski definition) is 1. The van der Waals surface area contributed by atoms with Gasteiger partial charge in [-0.3, -0.25) is 4.79 Å². The fraction of sp³-hybridized carbons (Fsp3) is 0.667. The van der Waals surface area contributed by atoms with Crippen LogP contribution in [-0.2, 0) is 26.7 Å². The van der Waals surface area contributed by atoms with Crippen LogP contribution in [0.25, 0.3) is 0 Å². The first-order valence-electron chi connectivity index (χ1n) is 9.61. The van der Waals surface area contributed by atoms with Gasteiger partial charge in [-0.05, 0) is 64.5 Å². The maximum absolute atomic E-state index is 12.6. The van der Waals surface area contributed by atoms with Crippen molar-refractivity contribution in [1.29, 1.82) is 0 Å². The third-order valence-electron chi connectivity index (χ3n) is 5.37. The van der Waals surface area contributed by atoms with Crippen molar-refractivity contribution in [3.05, 3.63) is 35.4 Å². The monoisotopic (exact) mass is 395 g/mol. The van der Waals surface area contributed by atoms with E-state index in [0.29, 0.717) is 19.5 Å². The van der Waals surface area contributed by atoms with Gasteiger partial charge in [0.2, 0.25) is 5.91 Å². The van der Waals surface area contributed by atoms with Gasteiger partial charge in [-0.15, -0.1) is 0 Å². The average molecular weight is 396 g/mol. The van der Waals surface area contributed by atoms with Gasteiger partial charge in [-0.1, -0.05) is 24.3 Å². The van der Waals surface area contributed by atoms with E-state index in [1.54, 1.807) is 34.6 Å². The predicted molar refractivity (Wildman–Crippen MR) is 108 cm³/mol. The highest BCUT2D eigenvalue weighted by Gasteiger charge is 2.33. The topological polar surface area (TPSA) is 74.7 Å². The number of piperidine rings is 1. The molecular formula is C21H33NO4S. The third-order valence-corrected chi connectivity index (χ3v) is 8.15. The maximum Gasteiger partial charge on any atom is 0.226 e. The van der Waals surface area contributed by atoms with Crippen molar-refractivity contribution < 1.29 is 18.3 Å². The van der Waals surface area contributed by atoms with Crippen LogP contribution in [0.4, 0.5) is 0 Å². The SMILES string of the molecule is CC(C)(O)c1ccc(CC(=O)N2CCC(CS(=O)(=O)C(C)(C)C)CC2)cc1. The second-order valence-corrected chi connectivity index (χ2v) is 11.9. The largest absolute Gasteiger partial charge is 0.386 e. The first kappa shape index (κ1) is 21.9. The highest BCUT2D eigenvalue weighted by molar-refractivity contribution is 7.92. The lowest BCUT2D eigenvalue weighted by molar-refractivity contribution is -0.131. The van der Waals surface area contributed by atoms with Gasteiger partial charge in [-0.25, -0.2) is 8.42 Å². The molecule has 1 N–H and O–H groups in total. The highest BCUT2D eigenvalue weighted by atomic mass is 32.2. The lowest BCUT2D eigenvalue weighted by atomic mass is 9.96. The number of carbonyl (C=O) groups excluding carboxylic acids is 1. The molecule has 0 aromatic heterocycles. The lowest BCUT2D eigenvalue weighted by Gasteiger charge is -2.33. The first-order valence-corrected chi connectivity index (χ1v) is 11.3. The molecule has 0 atom stereocenters. The summed E-state index contributed by atoms with van der Waals surface area (Å²) in [5.41, 5.74) is 0.850. The van der Waals surface area contributed by atoms with Crippen molar-refractivity contribution in [2.24, 2.45) is 5.92 Å². The molecule has 2 rings (SSSR count). The molecule has 1 heterocycles. The minimum absolute atomic E-state index is 0.0723. The number of carbonyl (C=O) groups is 1. The lowest BCUT2D eigenvalue weighted by Crippen LogP contribution is -2.42. The van der Waals surface area contributed by atoms with Crippen LogP contribution >= 0.6 is 0 Å². The summed E-state index contributed by atoms with van der Waals surface area (Å²) in [6.07, 6.45) is 1.80. The minimum atomic E-state index is -3.12. The van der Waals surface area contributed by atoms with Crippen molar-refractivity contribution >= 4 is 15.7 Å². The molecule has 0 saturated carbocycles. The molecule has 0 bridgehead atoms. The van der Waals surface area contributed by atoms with Gasteiger partial charge in [-0.2, -0.15) is 0 Å². The Morgan fingerprint density at radius 1 is 1.07 bits per heavy atom. The number of rotatable bonds is 5. The zero-order chi connectivity index (χ0) is 20.5. The van der Waals surface area contributed by atoms with Crippen LogP contribution in [0.2, 0.25) is 0 Å². The van der Waals surface area contributed by atoms with E-state index in [2.05, 4.69) is 0 Å². The van der Waals surface area contributed by atoms with Crippen LogP contribution in [-0.4, -0.2) is 47.9 Å². The first-order chi connectivity index (χ1) is 12.3. The molecule has 1 aliphatic heterocycles. The van der Waals surface area contributed by atoms with Crippen LogP contribution in [0.1, 0.15) is 58.6 Å². The number of aliphatic hydroxyl groups is 1. The Labute approximate surface area is 163 Å². The molecule has 1 fully saturated rings. The Bertz CT molecular complexity index is 747. The van der Waals surface area contributed by atoms with Crippen molar-refractivity contribution in [3.63, 3.8) is 0 Å². The van der Waals surface area contributed by atoms with Gasteiger partial charge < -0.3 is 10.0 Å². The molecule has 0 radical (unpaired) electrons. The summed E-state index contributed by atoms with van der Waals surface area (Å²) < 4.78 is 24.0. The molecule has 0 aliphatic carbocycles.